The zero-order chi connectivity index (χ0) is 14.6. The number of hydrogen-bond acceptors (Lipinski definition) is 2. The maximum absolute atomic E-state index is 12.6. The summed E-state index contributed by atoms with van der Waals surface area (Å²) in [4.78, 5) is 0. The molecule has 0 aliphatic rings. The summed E-state index contributed by atoms with van der Waals surface area (Å²) in [7, 11) is 0. The van der Waals surface area contributed by atoms with Gasteiger partial charge in [-0.2, -0.15) is 13.2 Å². The van der Waals surface area contributed by atoms with Crippen LogP contribution in [0.2, 0.25) is 5.02 Å². The molecule has 0 spiro atoms. The predicted octanol–water partition coefficient (Wildman–Crippen LogP) is 4.09. The third kappa shape index (κ3) is 4.37. The van der Waals surface area contributed by atoms with E-state index in [1.165, 1.54) is 0 Å². The average Bonchev–Trinajstić information content (AvgIpc) is 2.34. The van der Waals surface area contributed by atoms with Crippen LogP contribution >= 0.6 is 11.6 Å². The van der Waals surface area contributed by atoms with Gasteiger partial charge in [-0.1, -0.05) is 36.7 Å². The normalized spacial score (nSPS) is 17.0. The monoisotopic (exact) mass is 295 g/mol. The Bertz CT molecular complexity index is 411. The Morgan fingerprint density at radius 3 is 2.37 bits per heavy atom. The average molecular weight is 296 g/mol. The van der Waals surface area contributed by atoms with E-state index in [0.717, 1.165) is 6.92 Å². The van der Waals surface area contributed by atoms with Crippen molar-refractivity contribution in [2.45, 2.75) is 44.7 Å². The first kappa shape index (κ1) is 16.3. The lowest BCUT2D eigenvalue weighted by molar-refractivity contribution is -0.229. The first-order valence-corrected chi connectivity index (χ1v) is 6.37. The lowest BCUT2D eigenvalue weighted by Gasteiger charge is -2.28. The Morgan fingerprint density at radius 1 is 1.32 bits per heavy atom. The van der Waals surface area contributed by atoms with Crippen molar-refractivity contribution in [2.75, 3.05) is 0 Å². The summed E-state index contributed by atoms with van der Waals surface area (Å²) < 4.78 is 42.9. The van der Waals surface area contributed by atoms with Crippen molar-refractivity contribution in [2.24, 2.45) is 5.73 Å². The van der Waals surface area contributed by atoms with Crippen LogP contribution < -0.4 is 5.73 Å². The van der Waals surface area contributed by atoms with E-state index in [1.807, 2.05) is 0 Å². The molecule has 0 bridgehead atoms. The fraction of sp³-hybridized carbons (Fsp3) is 0.538. The molecule has 0 amide bonds. The minimum atomic E-state index is -4.42. The first-order chi connectivity index (χ1) is 8.77. The van der Waals surface area contributed by atoms with Crippen molar-refractivity contribution in [1.82, 2.24) is 0 Å². The number of hydrogen-bond donors (Lipinski definition) is 1. The molecule has 108 valence electrons. The summed E-state index contributed by atoms with van der Waals surface area (Å²) in [6, 6.07) is 6.08. The first-order valence-electron chi connectivity index (χ1n) is 5.99. The Labute approximate surface area is 115 Å². The summed E-state index contributed by atoms with van der Waals surface area (Å²) in [5.74, 6) is 0. The highest BCUT2D eigenvalue weighted by Crippen LogP contribution is 2.33. The van der Waals surface area contributed by atoms with E-state index in [9.17, 15) is 13.2 Å². The molecule has 0 aliphatic heterocycles. The van der Waals surface area contributed by atoms with Gasteiger partial charge in [-0.15, -0.1) is 0 Å². The maximum atomic E-state index is 12.6. The van der Waals surface area contributed by atoms with Gasteiger partial charge in [-0.25, -0.2) is 0 Å². The predicted molar refractivity (Wildman–Crippen MR) is 69.1 cm³/mol. The van der Waals surface area contributed by atoms with Gasteiger partial charge in [0.15, 0.2) is 6.10 Å². The van der Waals surface area contributed by atoms with Crippen LogP contribution in [0.25, 0.3) is 0 Å². The second-order valence-corrected chi connectivity index (χ2v) is 4.74. The summed E-state index contributed by atoms with van der Waals surface area (Å²) in [5, 5.41) is 0.353. The van der Waals surface area contributed by atoms with Gasteiger partial charge in [0.1, 0.15) is 0 Å². The number of halogens is 4. The highest BCUT2D eigenvalue weighted by Gasteiger charge is 2.39. The molecule has 0 aromatic heterocycles. The van der Waals surface area contributed by atoms with Crippen LogP contribution in [0.1, 0.15) is 31.9 Å². The van der Waals surface area contributed by atoms with Crippen LogP contribution in [0.5, 0.6) is 0 Å². The molecule has 19 heavy (non-hydrogen) atoms. The Balaban J connectivity index is 3.00. The lowest BCUT2D eigenvalue weighted by atomic mass is 10.0. The Morgan fingerprint density at radius 2 is 1.89 bits per heavy atom. The molecule has 1 rings (SSSR count). The number of benzene rings is 1. The third-order valence-corrected chi connectivity index (χ3v) is 3.23. The molecule has 0 radical (unpaired) electrons. The van der Waals surface area contributed by atoms with E-state index in [-0.39, 0.29) is 0 Å². The topological polar surface area (TPSA) is 35.2 Å². The number of alkyl halides is 3. The molecule has 3 unspecified atom stereocenters. The van der Waals surface area contributed by atoms with Gasteiger partial charge in [0.2, 0.25) is 0 Å². The van der Waals surface area contributed by atoms with Gasteiger partial charge in [0, 0.05) is 16.6 Å². The largest absolute Gasteiger partial charge is 0.414 e. The second kappa shape index (κ2) is 6.59. The van der Waals surface area contributed by atoms with Crippen LogP contribution in [-0.4, -0.2) is 18.3 Å². The van der Waals surface area contributed by atoms with Crippen LogP contribution in [0.15, 0.2) is 24.3 Å². The van der Waals surface area contributed by atoms with Crippen LogP contribution in [0.4, 0.5) is 13.2 Å². The Hall–Kier alpha value is -0.780. The van der Waals surface area contributed by atoms with Crippen molar-refractivity contribution >= 4 is 11.6 Å². The van der Waals surface area contributed by atoms with E-state index >= 15 is 0 Å². The zero-order valence-electron chi connectivity index (χ0n) is 10.7. The molecule has 6 heteroatoms. The van der Waals surface area contributed by atoms with Crippen LogP contribution in [0.3, 0.4) is 0 Å². The molecule has 0 saturated carbocycles. The number of nitrogens with two attached hydrogens (primary N) is 1. The highest BCUT2D eigenvalue weighted by molar-refractivity contribution is 6.31. The molecular formula is C13H17ClF3NO. The second-order valence-electron chi connectivity index (χ2n) is 4.33. The van der Waals surface area contributed by atoms with Crippen molar-refractivity contribution in [3.8, 4) is 0 Å². The van der Waals surface area contributed by atoms with Crippen molar-refractivity contribution < 1.29 is 17.9 Å². The summed E-state index contributed by atoms with van der Waals surface area (Å²) in [6.45, 7) is 2.75. The smallest absolute Gasteiger partial charge is 0.359 e. The maximum Gasteiger partial charge on any atom is 0.414 e. The molecule has 0 fully saturated rings. The number of ether oxygens (including phenoxy) is 1. The van der Waals surface area contributed by atoms with Gasteiger partial charge in [-0.05, 0) is 19.4 Å². The molecule has 1 aromatic rings. The van der Waals surface area contributed by atoms with E-state index in [1.54, 1.807) is 31.2 Å². The van der Waals surface area contributed by atoms with Gasteiger partial charge in [0.05, 0.1) is 6.10 Å². The summed E-state index contributed by atoms with van der Waals surface area (Å²) >= 11 is 6.00. The molecule has 2 N–H and O–H groups in total. The van der Waals surface area contributed by atoms with Gasteiger partial charge < -0.3 is 10.5 Å². The lowest BCUT2D eigenvalue weighted by Crippen LogP contribution is -2.37. The van der Waals surface area contributed by atoms with E-state index in [2.05, 4.69) is 0 Å². The number of rotatable bonds is 5. The molecule has 0 heterocycles. The van der Waals surface area contributed by atoms with E-state index < -0.39 is 24.4 Å². The molecule has 0 saturated heterocycles. The van der Waals surface area contributed by atoms with Gasteiger partial charge >= 0.3 is 6.18 Å². The minimum absolute atomic E-state index is 0.353. The minimum Gasteiger partial charge on any atom is -0.359 e. The molecule has 0 aliphatic carbocycles. The highest BCUT2D eigenvalue weighted by atomic mass is 35.5. The van der Waals surface area contributed by atoms with Crippen molar-refractivity contribution in [3.63, 3.8) is 0 Å². The van der Waals surface area contributed by atoms with E-state index in [0.29, 0.717) is 17.0 Å². The van der Waals surface area contributed by atoms with Crippen molar-refractivity contribution in [3.05, 3.63) is 34.9 Å². The molecule has 1 aromatic carbocycles. The van der Waals surface area contributed by atoms with Crippen molar-refractivity contribution in [1.29, 1.82) is 0 Å². The standard InChI is InChI=1S/C13H17ClF3NO/c1-3-11(18)12(19-8(2)13(15,16)17)9-6-4-5-7-10(9)14/h4-8,11-12H,3,18H2,1-2H3. The molecular weight excluding hydrogens is 279 g/mol. The van der Waals surface area contributed by atoms with E-state index in [4.69, 9.17) is 22.1 Å². The fourth-order valence-corrected chi connectivity index (χ4v) is 1.87. The molecule has 2 nitrogen and oxygen atoms in total. The summed E-state index contributed by atoms with van der Waals surface area (Å²) in [6.07, 6.45) is -6.71. The van der Waals surface area contributed by atoms with Gasteiger partial charge in [0.25, 0.3) is 0 Å². The Kier molecular flexibility index (Phi) is 5.64. The SMILES string of the molecule is CCC(N)C(OC(C)C(F)(F)F)c1ccccc1Cl. The van der Waals surface area contributed by atoms with Crippen LogP contribution in [-0.2, 0) is 4.74 Å². The fourth-order valence-electron chi connectivity index (χ4n) is 1.62. The summed E-state index contributed by atoms with van der Waals surface area (Å²) in [5.41, 5.74) is 6.34. The van der Waals surface area contributed by atoms with Crippen LogP contribution in [0, 0.1) is 0 Å². The zero-order valence-corrected chi connectivity index (χ0v) is 11.5. The van der Waals surface area contributed by atoms with Gasteiger partial charge in [-0.3, -0.25) is 0 Å². The quantitative estimate of drug-likeness (QED) is 0.888. The third-order valence-electron chi connectivity index (χ3n) is 2.88. The molecule has 3 atom stereocenters.